The van der Waals surface area contributed by atoms with Crippen molar-refractivity contribution < 1.29 is 17.9 Å². The van der Waals surface area contributed by atoms with Crippen molar-refractivity contribution in [2.45, 2.75) is 29.5 Å². The highest BCUT2D eigenvalue weighted by molar-refractivity contribution is 9.10. The van der Waals surface area contributed by atoms with Crippen molar-refractivity contribution in [1.82, 2.24) is 4.31 Å². The molecule has 6 nitrogen and oxygen atoms in total. The predicted octanol–water partition coefficient (Wildman–Crippen LogP) is 3.73. The van der Waals surface area contributed by atoms with Crippen molar-refractivity contribution in [3.8, 4) is 5.75 Å². The molecule has 0 spiro atoms. The molecule has 3 aliphatic rings. The number of ether oxygens (including phenoxy) is 1. The molecule has 1 atom stereocenters. The first-order valence-corrected chi connectivity index (χ1v) is 13.1. The van der Waals surface area contributed by atoms with Gasteiger partial charge in [0.2, 0.25) is 15.9 Å². The predicted molar refractivity (Wildman–Crippen MR) is 121 cm³/mol. The van der Waals surface area contributed by atoms with Crippen LogP contribution in [0.5, 0.6) is 5.75 Å². The Morgan fingerprint density at radius 2 is 1.87 bits per heavy atom. The third kappa shape index (κ3) is 3.18. The summed E-state index contributed by atoms with van der Waals surface area (Å²) in [4.78, 5) is 14.3. The van der Waals surface area contributed by atoms with Crippen molar-refractivity contribution in [2.24, 2.45) is 0 Å². The van der Waals surface area contributed by atoms with Crippen LogP contribution in [0.25, 0.3) is 0 Å². The zero-order chi connectivity index (χ0) is 21.0. The molecule has 0 aromatic heterocycles. The molecule has 9 heteroatoms. The standard InChI is InChI=1S/C21H21BrN2O4S2/c1-28-18-4-3-15(22)12-17(18)21-24(8-9-29-21)30(26,27)16-10-13-2-5-19(25)23-7-6-14(11-16)20(13)23/h3-4,10-12,21H,2,5-9H2,1H3. The zero-order valence-electron chi connectivity index (χ0n) is 16.4. The molecule has 2 aromatic rings. The number of hydrogen-bond donors (Lipinski definition) is 0. The molecule has 1 saturated heterocycles. The highest BCUT2D eigenvalue weighted by Crippen LogP contribution is 2.46. The number of methoxy groups -OCH3 is 1. The summed E-state index contributed by atoms with van der Waals surface area (Å²) < 4.78 is 35.4. The number of carbonyl (C=O) groups is 1. The number of sulfonamides is 1. The van der Waals surface area contributed by atoms with Crippen LogP contribution in [0.3, 0.4) is 0 Å². The van der Waals surface area contributed by atoms with Crippen LogP contribution in [0.4, 0.5) is 5.69 Å². The van der Waals surface area contributed by atoms with Gasteiger partial charge in [0.1, 0.15) is 5.75 Å². The van der Waals surface area contributed by atoms with Gasteiger partial charge in [0.05, 0.1) is 23.1 Å². The Bertz CT molecular complexity index is 1150. The molecule has 3 heterocycles. The van der Waals surface area contributed by atoms with E-state index in [1.165, 1.54) is 0 Å². The van der Waals surface area contributed by atoms with Crippen LogP contribution in [0, 0.1) is 0 Å². The monoisotopic (exact) mass is 508 g/mol. The smallest absolute Gasteiger partial charge is 0.244 e. The second-order valence-electron chi connectivity index (χ2n) is 7.61. The lowest BCUT2D eigenvalue weighted by atomic mass is 10.00. The number of carbonyl (C=O) groups excluding carboxylic acids is 1. The number of nitrogens with zero attached hydrogens (tertiary/aromatic N) is 2. The summed E-state index contributed by atoms with van der Waals surface area (Å²) in [6, 6.07) is 9.22. The second-order valence-corrected chi connectivity index (χ2v) is 11.6. The van der Waals surface area contributed by atoms with Gasteiger partial charge in [-0.05, 0) is 54.3 Å². The fourth-order valence-corrected chi connectivity index (χ4v) is 8.28. The van der Waals surface area contributed by atoms with Gasteiger partial charge in [-0.2, -0.15) is 4.31 Å². The first-order chi connectivity index (χ1) is 14.4. The lowest BCUT2D eigenvalue weighted by Gasteiger charge is -2.28. The van der Waals surface area contributed by atoms with E-state index in [9.17, 15) is 13.2 Å². The largest absolute Gasteiger partial charge is 0.496 e. The van der Waals surface area contributed by atoms with Gasteiger partial charge < -0.3 is 9.64 Å². The summed E-state index contributed by atoms with van der Waals surface area (Å²) >= 11 is 5.10. The number of amides is 1. The number of hydrogen-bond acceptors (Lipinski definition) is 5. The third-order valence-corrected chi connectivity index (χ3v) is 9.65. The third-order valence-electron chi connectivity index (χ3n) is 5.94. The van der Waals surface area contributed by atoms with Crippen molar-refractivity contribution >= 4 is 49.3 Å². The Morgan fingerprint density at radius 1 is 1.10 bits per heavy atom. The fraction of sp³-hybridized carbons (Fsp3) is 0.381. The molecule has 1 amide bonds. The Balaban J connectivity index is 1.56. The highest BCUT2D eigenvalue weighted by Gasteiger charge is 2.40. The molecular formula is C21H21BrN2O4S2. The summed E-state index contributed by atoms with van der Waals surface area (Å²) in [6.45, 7) is 1.09. The van der Waals surface area contributed by atoms with E-state index in [0.717, 1.165) is 32.6 Å². The molecule has 0 radical (unpaired) electrons. The van der Waals surface area contributed by atoms with Gasteiger partial charge in [0.15, 0.2) is 0 Å². The Labute approximate surface area is 188 Å². The molecule has 1 unspecified atom stereocenters. The van der Waals surface area contributed by atoms with E-state index < -0.39 is 10.0 Å². The van der Waals surface area contributed by atoms with E-state index >= 15 is 0 Å². The van der Waals surface area contributed by atoms with Crippen molar-refractivity contribution in [3.63, 3.8) is 0 Å². The maximum Gasteiger partial charge on any atom is 0.244 e. The molecule has 0 saturated carbocycles. The lowest BCUT2D eigenvalue weighted by Crippen LogP contribution is -2.33. The minimum atomic E-state index is -3.70. The van der Waals surface area contributed by atoms with Crippen LogP contribution >= 0.6 is 27.7 Å². The van der Waals surface area contributed by atoms with E-state index in [1.54, 1.807) is 35.3 Å². The quantitative estimate of drug-likeness (QED) is 0.629. The van der Waals surface area contributed by atoms with Crippen LogP contribution in [0.1, 0.15) is 28.5 Å². The molecule has 1 fully saturated rings. The SMILES string of the molecule is COc1ccc(Br)cc1C1SCCN1S(=O)(=O)c1cc2c3c(c1)CCN3C(=O)CC2. The van der Waals surface area contributed by atoms with Gasteiger partial charge in [0, 0.05) is 35.3 Å². The van der Waals surface area contributed by atoms with Crippen molar-refractivity contribution in [1.29, 1.82) is 0 Å². The Hall–Kier alpha value is -1.55. The van der Waals surface area contributed by atoms with Crippen LogP contribution in [0.2, 0.25) is 0 Å². The minimum absolute atomic E-state index is 0.134. The van der Waals surface area contributed by atoms with E-state index in [4.69, 9.17) is 4.74 Å². The number of halogens is 1. The average molecular weight is 509 g/mol. The second kappa shape index (κ2) is 7.55. The molecule has 3 aliphatic heterocycles. The molecular weight excluding hydrogens is 488 g/mol. The van der Waals surface area contributed by atoms with Crippen LogP contribution < -0.4 is 9.64 Å². The van der Waals surface area contributed by atoms with E-state index in [0.29, 0.717) is 43.0 Å². The van der Waals surface area contributed by atoms with E-state index in [1.807, 2.05) is 23.1 Å². The van der Waals surface area contributed by atoms with Crippen molar-refractivity contribution in [3.05, 3.63) is 51.5 Å². The lowest BCUT2D eigenvalue weighted by molar-refractivity contribution is -0.118. The van der Waals surface area contributed by atoms with E-state index in [2.05, 4.69) is 15.9 Å². The van der Waals surface area contributed by atoms with Gasteiger partial charge in [-0.15, -0.1) is 11.8 Å². The van der Waals surface area contributed by atoms with Crippen LogP contribution in [-0.4, -0.2) is 44.6 Å². The summed E-state index contributed by atoms with van der Waals surface area (Å²) in [5.74, 6) is 1.53. The Kier molecular flexibility index (Phi) is 5.12. The van der Waals surface area contributed by atoms with Gasteiger partial charge >= 0.3 is 0 Å². The van der Waals surface area contributed by atoms with Crippen LogP contribution in [0.15, 0.2) is 39.7 Å². The molecule has 2 aromatic carbocycles. The number of benzene rings is 2. The van der Waals surface area contributed by atoms with Gasteiger partial charge in [-0.3, -0.25) is 4.79 Å². The fourth-order valence-electron chi connectivity index (χ4n) is 4.55. The topological polar surface area (TPSA) is 66.9 Å². The molecule has 0 N–H and O–H groups in total. The minimum Gasteiger partial charge on any atom is -0.496 e. The summed E-state index contributed by atoms with van der Waals surface area (Å²) in [5.41, 5.74) is 3.71. The maximum absolute atomic E-state index is 13.7. The average Bonchev–Trinajstić information content (AvgIpc) is 3.39. The normalized spacial score (nSPS) is 21.2. The highest BCUT2D eigenvalue weighted by atomic mass is 79.9. The van der Waals surface area contributed by atoms with Crippen LogP contribution in [-0.2, 0) is 27.7 Å². The van der Waals surface area contributed by atoms with Gasteiger partial charge in [0.25, 0.3) is 0 Å². The Morgan fingerprint density at radius 3 is 2.63 bits per heavy atom. The van der Waals surface area contributed by atoms with E-state index in [-0.39, 0.29) is 11.3 Å². The molecule has 0 bridgehead atoms. The number of aryl methyl sites for hydroxylation is 1. The molecule has 158 valence electrons. The number of anilines is 1. The summed E-state index contributed by atoms with van der Waals surface area (Å²) in [7, 11) is -2.10. The van der Waals surface area contributed by atoms with Gasteiger partial charge in [-0.1, -0.05) is 15.9 Å². The first kappa shape index (κ1) is 20.4. The molecule has 0 aliphatic carbocycles. The van der Waals surface area contributed by atoms with Crippen molar-refractivity contribution in [2.75, 3.05) is 30.9 Å². The first-order valence-electron chi connectivity index (χ1n) is 9.83. The number of rotatable bonds is 4. The maximum atomic E-state index is 13.7. The zero-order valence-corrected chi connectivity index (χ0v) is 19.6. The summed E-state index contributed by atoms with van der Waals surface area (Å²) in [6.07, 6.45) is 1.74. The molecule has 30 heavy (non-hydrogen) atoms. The summed E-state index contributed by atoms with van der Waals surface area (Å²) in [5, 5.41) is -0.342. The molecule has 5 rings (SSSR count). The number of thioether (sulfide) groups is 1. The van der Waals surface area contributed by atoms with Gasteiger partial charge in [-0.25, -0.2) is 8.42 Å².